The van der Waals surface area contributed by atoms with Crippen LogP contribution < -0.4 is 5.32 Å². The lowest BCUT2D eigenvalue weighted by Crippen LogP contribution is -2.47. The number of sulfonamides is 1. The van der Waals surface area contributed by atoms with E-state index in [1.54, 1.807) is 0 Å². The van der Waals surface area contributed by atoms with Crippen LogP contribution in [0.4, 0.5) is 0 Å². The molecule has 0 aromatic heterocycles. The number of benzene rings is 1. The van der Waals surface area contributed by atoms with Gasteiger partial charge in [-0.1, -0.05) is 30.3 Å². The zero-order chi connectivity index (χ0) is 17.0. The van der Waals surface area contributed by atoms with Gasteiger partial charge in [-0.25, -0.2) is 8.42 Å². The lowest BCUT2D eigenvalue weighted by Gasteiger charge is -2.27. The van der Waals surface area contributed by atoms with Crippen molar-refractivity contribution in [2.75, 3.05) is 33.4 Å². The molecule has 1 heterocycles. The average Bonchev–Trinajstić information content (AvgIpc) is 2.97. The molecule has 128 valence electrons. The largest absolute Gasteiger partial charge is 0.353 e. The Morgan fingerprint density at radius 3 is 2.57 bits per heavy atom. The summed E-state index contributed by atoms with van der Waals surface area (Å²) < 4.78 is 24.8. The Balaban J connectivity index is 2.02. The van der Waals surface area contributed by atoms with Crippen molar-refractivity contribution in [3.63, 3.8) is 0 Å². The smallest absolute Gasteiger partial charge is 0.238 e. The van der Waals surface area contributed by atoms with Crippen LogP contribution in [0.3, 0.4) is 0 Å². The average molecular weight is 339 g/mol. The minimum absolute atomic E-state index is 0.0493. The Morgan fingerprint density at radius 1 is 1.35 bits per heavy atom. The van der Waals surface area contributed by atoms with Crippen molar-refractivity contribution in [1.82, 2.24) is 14.5 Å². The molecular weight excluding hydrogens is 314 g/mol. The fraction of sp³-hybridized carbons (Fsp3) is 0.562. The van der Waals surface area contributed by atoms with Gasteiger partial charge >= 0.3 is 0 Å². The summed E-state index contributed by atoms with van der Waals surface area (Å²) in [6.45, 7) is 0.872. The molecule has 0 radical (unpaired) electrons. The Hall–Kier alpha value is -1.44. The van der Waals surface area contributed by atoms with E-state index in [4.69, 9.17) is 0 Å². The van der Waals surface area contributed by atoms with E-state index in [2.05, 4.69) is 5.32 Å². The number of likely N-dealkylation sites (N-methyl/N-ethyl adjacent to an activating group) is 1. The lowest BCUT2D eigenvalue weighted by atomic mass is 10.1. The molecule has 0 spiro atoms. The number of nitrogens with zero attached hydrogens (tertiary/aromatic N) is 2. The molecule has 0 saturated carbocycles. The second-order valence-corrected chi connectivity index (χ2v) is 8.10. The molecule has 1 fully saturated rings. The zero-order valence-corrected chi connectivity index (χ0v) is 14.7. The van der Waals surface area contributed by atoms with Crippen molar-refractivity contribution in [3.05, 3.63) is 35.9 Å². The highest BCUT2D eigenvalue weighted by Crippen LogP contribution is 2.21. The van der Waals surface area contributed by atoms with E-state index in [-0.39, 0.29) is 11.9 Å². The zero-order valence-electron chi connectivity index (χ0n) is 13.9. The molecule has 1 aliphatic rings. The van der Waals surface area contributed by atoms with E-state index in [1.807, 2.05) is 49.3 Å². The molecule has 23 heavy (non-hydrogen) atoms. The molecule has 1 aromatic carbocycles. The highest BCUT2D eigenvalue weighted by molar-refractivity contribution is 7.88. The third-order valence-corrected chi connectivity index (χ3v) is 5.50. The van der Waals surface area contributed by atoms with Crippen LogP contribution in [0, 0.1) is 0 Å². The van der Waals surface area contributed by atoms with Crippen LogP contribution in [-0.2, 0) is 14.8 Å². The fourth-order valence-electron chi connectivity index (χ4n) is 2.99. The van der Waals surface area contributed by atoms with Gasteiger partial charge < -0.3 is 10.2 Å². The predicted octanol–water partition coefficient (Wildman–Crippen LogP) is 0.830. The minimum Gasteiger partial charge on any atom is -0.353 e. The van der Waals surface area contributed by atoms with Crippen LogP contribution in [0.25, 0.3) is 0 Å². The monoisotopic (exact) mass is 339 g/mol. The van der Waals surface area contributed by atoms with Crippen LogP contribution in [0.2, 0.25) is 0 Å². The summed E-state index contributed by atoms with van der Waals surface area (Å²) in [6, 6.07) is 9.41. The SMILES string of the molecule is CN(C)C(CNC(=O)C1CCCN1S(C)(=O)=O)c1ccccc1. The van der Waals surface area contributed by atoms with E-state index in [9.17, 15) is 13.2 Å². The number of carbonyl (C=O) groups excluding carboxylic acids is 1. The van der Waals surface area contributed by atoms with Crippen molar-refractivity contribution in [2.24, 2.45) is 0 Å². The van der Waals surface area contributed by atoms with Crippen molar-refractivity contribution < 1.29 is 13.2 Å². The van der Waals surface area contributed by atoms with Gasteiger partial charge in [-0.05, 0) is 32.5 Å². The summed E-state index contributed by atoms with van der Waals surface area (Å²) in [5.41, 5.74) is 1.11. The maximum absolute atomic E-state index is 12.4. The molecular formula is C16H25N3O3S. The van der Waals surface area contributed by atoms with E-state index in [0.29, 0.717) is 19.5 Å². The van der Waals surface area contributed by atoms with Crippen LogP contribution in [-0.4, -0.2) is 63.0 Å². The van der Waals surface area contributed by atoms with E-state index >= 15 is 0 Å². The number of hydrogen-bond donors (Lipinski definition) is 1. The van der Waals surface area contributed by atoms with Crippen LogP contribution in [0.1, 0.15) is 24.4 Å². The third kappa shape index (κ3) is 4.53. The Labute approximate surface area is 138 Å². The molecule has 7 heteroatoms. The normalized spacial score (nSPS) is 20.6. The summed E-state index contributed by atoms with van der Waals surface area (Å²) in [5.74, 6) is -0.212. The molecule has 2 rings (SSSR count). The van der Waals surface area contributed by atoms with Crippen molar-refractivity contribution in [3.8, 4) is 0 Å². The van der Waals surface area contributed by atoms with Gasteiger partial charge in [0, 0.05) is 13.1 Å². The molecule has 6 nitrogen and oxygen atoms in total. The van der Waals surface area contributed by atoms with Crippen LogP contribution in [0.5, 0.6) is 0 Å². The Kier molecular flexibility index (Phi) is 5.78. The highest BCUT2D eigenvalue weighted by atomic mass is 32.2. The van der Waals surface area contributed by atoms with Crippen molar-refractivity contribution in [2.45, 2.75) is 24.9 Å². The highest BCUT2D eigenvalue weighted by Gasteiger charge is 2.36. The van der Waals surface area contributed by atoms with Gasteiger partial charge in [0.15, 0.2) is 0 Å². The van der Waals surface area contributed by atoms with E-state index < -0.39 is 16.1 Å². The molecule has 1 saturated heterocycles. The molecule has 2 atom stereocenters. The first-order chi connectivity index (χ1) is 10.8. The molecule has 2 unspecified atom stereocenters. The number of carbonyl (C=O) groups is 1. The molecule has 1 aromatic rings. The standard InChI is InChI=1S/C16H25N3O3S/c1-18(2)15(13-8-5-4-6-9-13)12-17-16(20)14-10-7-11-19(14)23(3,21)22/h4-6,8-9,14-15H,7,10-12H2,1-3H3,(H,17,20). The first-order valence-electron chi connectivity index (χ1n) is 7.76. The summed E-state index contributed by atoms with van der Waals surface area (Å²) >= 11 is 0. The van der Waals surface area contributed by atoms with Gasteiger partial charge in [-0.3, -0.25) is 4.79 Å². The minimum atomic E-state index is -3.34. The molecule has 1 N–H and O–H groups in total. The molecule has 0 aliphatic carbocycles. The van der Waals surface area contributed by atoms with Gasteiger partial charge in [0.1, 0.15) is 6.04 Å². The third-order valence-electron chi connectivity index (χ3n) is 4.21. The van der Waals surface area contributed by atoms with Crippen molar-refractivity contribution in [1.29, 1.82) is 0 Å². The Bertz CT molecular complexity index is 631. The fourth-order valence-corrected chi connectivity index (χ4v) is 4.11. The maximum atomic E-state index is 12.4. The summed E-state index contributed by atoms with van der Waals surface area (Å²) in [5, 5.41) is 2.92. The summed E-state index contributed by atoms with van der Waals surface area (Å²) in [4.78, 5) is 14.5. The van der Waals surface area contributed by atoms with Crippen LogP contribution in [0.15, 0.2) is 30.3 Å². The maximum Gasteiger partial charge on any atom is 0.238 e. The summed E-state index contributed by atoms with van der Waals surface area (Å²) in [7, 11) is 0.579. The van der Waals surface area contributed by atoms with Crippen molar-refractivity contribution >= 4 is 15.9 Å². The van der Waals surface area contributed by atoms with Gasteiger partial charge in [-0.2, -0.15) is 4.31 Å². The van der Waals surface area contributed by atoms with Crippen LogP contribution >= 0.6 is 0 Å². The number of rotatable bonds is 6. The predicted molar refractivity (Wildman–Crippen MR) is 90.5 cm³/mol. The second-order valence-electron chi connectivity index (χ2n) is 6.17. The molecule has 1 aliphatic heterocycles. The van der Waals surface area contributed by atoms with Gasteiger partial charge in [0.2, 0.25) is 15.9 Å². The van der Waals surface area contributed by atoms with Gasteiger partial charge in [0.05, 0.1) is 12.3 Å². The van der Waals surface area contributed by atoms with E-state index in [1.165, 1.54) is 4.31 Å². The number of nitrogens with one attached hydrogen (secondary N) is 1. The first kappa shape index (κ1) is 17.9. The Morgan fingerprint density at radius 2 is 2.00 bits per heavy atom. The van der Waals surface area contributed by atoms with Gasteiger partial charge in [0.25, 0.3) is 0 Å². The van der Waals surface area contributed by atoms with Gasteiger partial charge in [-0.15, -0.1) is 0 Å². The van der Waals surface area contributed by atoms with E-state index in [0.717, 1.165) is 18.2 Å². The number of amides is 1. The molecule has 0 bridgehead atoms. The quantitative estimate of drug-likeness (QED) is 0.833. The second kappa shape index (κ2) is 7.42. The summed E-state index contributed by atoms with van der Waals surface area (Å²) in [6.07, 6.45) is 2.46. The molecule has 1 amide bonds. The topological polar surface area (TPSA) is 69.7 Å². The number of hydrogen-bond acceptors (Lipinski definition) is 4. The first-order valence-corrected chi connectivity index (χ1v) is 9.61. The lowest BCUT2D eigenvalue weighted by molar-refractivity contribution is -0.124.